The van der Waals surface area contributed by atoms with Crippen molar-refractivity contribution >= 4 is 23.2 Å². The highest BCUT2D eigenvalue weighted by atomic mass is 32.1. The number of aromatic nitrogens is 2. The van der Waals surface area contributed by atoms with Gasteiger partial charge in [-0.2, -0.15) is 0 Å². The van der Waals surface area contributed by atoms with Crippen LogP contribution in [0.5, 0.6) is 0 Å². The van der Waals surface area contributed by atoms with Crippen LogP contribution in [0.3, 0.4) is 0 Å². The molecule has 0 aromatic carbocycles. The Morgan fingerprint density at radius 1 is 1.28 bits per heavy atom. The minimum absolute atomic E-state index is 0.0478. The molecule has 0 bridgehead atoms. The van der Waals surface area contributed by atoms with E-state index in [-0.39, 0.29) is 11.9 Å². The van der Waals surface area contributed by atoms with Crippen LogP contribution in [-0.4, -0.2) is 29.0 Å². The van der Waals surface area contributed by atoms with Crippen LogP contribution in [0.15, 0.2) is 23.7 Å². The summed E-state index contributed by atoms with van der Waals surface area (Å²) in [6.45, 7) is 2.11. The van der Waals surface area contributed by atoms with Crippen molar-refractivity contribution in [3.05, 3.63) is 39.8 Å². The summed E-state index contributed by atoms with van der Waals surface area (Å²) >= 11 is 1.63. The van der Waals surface area contributed by atoms with E-state index in [0.29, 0.717) is 6.42 Å². The number of nitrogens with one attached hydrogen (secondary N) is 1. The Balaban J connectivity index is 1.46. The number of aryl methyl sites for hydroxylation is 1. The van der Waals surface area contributed by atoms with Gasteiger partial charge in [-0.1, -0.05) is 6.07 Å². The van der Waals surface area contributed by atoms with Crippen molar-refractivity contribution in [2.24, 2.45) is 0 Å². The van der Waals surface area contributed by atoms with Gasteiger partial charge in [-0.3, -0.25) is 4.79 Å². The molecule has 1 saturated heterocycles. The minimum Gasteiger partial charge on any atom is -0.349 e. The highest BCUT2D eigenvalue weighted by Gasteiger charge is 2.25. The maximum Gasteiger partial charge on any atom is 0.225 e. The highest BCUT2D eigenvalue weighted by Crippen LogP contribution is 2.29. The molecule has 3 heterocycles. The fourth-order valence-corrected chi connectivity index (χ4v) is 4.45. The van der Waals surface area contributed by atoms with Crippen molar-refractivity contribution < 1.29 is 4.79 Å². The second kappa shape index (κ2) is 7.52. The number of carbonyl (C=O) groups is 1. The van der Waals surface area contributed by atoms with Gasteiger partial charge in [0, 0.05) is 29.7 Å². The van der Waals surface area contributed by atoms with Crippen molar-refractivity contribution in [2.45, 2.75) is 51.0 Å². The molecule has 6 heteroatoms. The molecule has 0 unspecified atom stereocenters. The molecule has 132 valence electrons. The van der Waals surface area contributed by atoms with Crippen LogP contribution in [0.25, 0.3) is 0 Å². The van der Waals surface area contributed by atoms with Crippen LogP contribution in [0.4, 0.5) is 5.95 Å². The van der Waals surface area contributed by atoms with Crippen molar-refractivity contribution in [3.63, 3.8) is 0 Å². The highest BCUT2D eigenvalue weighted by molar-refractivity contribution is 7.10. The van der Waals surface area contributed by atoms with Gasteiger partial charge >= 0.3 is 0 Å². The van der Waals surface area contributed by atoms with Crippen LogP contribution in [0.1, 0.15) is 54.3 Å². The first-order valence-electron chi connectivity index (χ1n) is 9.22. The number of hydrogen-bond donors (Lipinski definition) is 1. The molecule has 25 heavy (non-hydrogen) atoms. The average molecular weight is 356 g/mol. The molecule has 1 N–H and O–H groups in total. The Hall–Kier alpha value is -1.95. The molecule has 0 spiro atoms. The summed E-state index contributed by atoms with van der Waals surface area (Å²) < 4.78 is 0. The van der Waals surface area contributed by atoms with E-state index >= 15 is 0 Å². The summed E-state index contributed by atoms with van der Waals surface area (Å²) in [6.07, 6.45) is 9.17. The summed E-state index contributed by atoms with van der Waals surface area (Å²) in [5.41, 5.74) is 2.22. The maximum absolute atomic E-state index is 12.3. The lowest BCUT2D eigenvalue weighted by Gasteiger charge is -2.29. The van der Waals surface area contributed by atoms with E-state index in [1.807, 2.05) is 23.7 Å². The molecule has 2 aromatic rings. The number of amides is 1. The molecule has 2 aromatic heterocycles. The molecule has 1 aliphatic carbocycles. The molecular weight excluding hydrogens is 332 g/mol. The smallest absolute Gasteiger partial charge is 0.225 e. The predicted octanol–water partition coefficient (Wildman–Crippen LogP) is 3.26. The summed E-state index contributed by atoms with van der Waals surface area (Å²) in [5, 5.41) is 5.19. The molecular formula is C19H24N4OS. The van der Waals surface area contributed by atoms with Crippen molar-refractivity contribution in [1.29, 1.82) is 0 Å². The summed E-state index contributed by atoms with van der Waals surface area (Å²) in [7, 11) is 0. The van der Waals surface area contributed by atoms with Gasteiger partial charge in [-0.15, -0.1) is 11.3 Å². The third kappa shape index (κ3) is 3.84. The quantitative estimate of drug-likeness (QED) is 0.913. The maximum atomic E-state index is 12.3. The van der Waals surface area contributed by atoms with Crippen LogP contribution >= 0.6 is 11.3 Å². The SMILES string of the molecule is O=C(Cc1cccs1)N[C@H]1CCCc2nc(N3CCCCC3)ncc21. The Morgan fingerprint density at radius 2 is 2.16 bits per heavy atom. The third-order valence-corrected chi connectivity index (χ3v) is 5.93. The molecule has 1 amide bonds. The monoisotopic (exact) mass is 356 g/mol. The lowest BCUT2D eigenvalue weighted by atomic mass is 9.92. The first kappa shape index (κ1) is 16.5. The van der Waals surface area contributed by atoms with Crippen LogP contribution in [-0.2, 0) is 17.6 Å². The first-order chi connectivity index (χ1) is 12.3. The van der Waals surface area contributed by atoms with Gasteiger partial charge in [0.25, 0.3) is 0 Å². The molecule has 1 fully saturated rings. The molecule has 4 rings (SSSR count). The Bertz CT molecular complexity index is 725. The topological polar surface area (TPSA) is 58.1 Å². The zero-order valence-corrected chi connectivity index (χ0v) is 15.2. The molecule has 0 radical (unpaired) electrons. The standard InChI is InChI=1S/C19H24N4OS/c24-18(12-14-6-5-11-25-14)21-16-7-4-8-17-15(16)13-20-19(22-17)23-9-2-1-3-10-23/h5-6,11,13,16H,1-4,7-10,12H2,(H,21,24)/t16-/m0/s1. The normalized spacial score (nSPS) is 20.2. The van der Waals surface area contributed by atoms with Gasteiger partial charge in [0.2, 0.25) is 11.9 Å². The van der Waals surface area contributed by atoms with Gasteiger partial charge < -0.3 is 10.2 Å². The van der Waals surface area contributed by atoms with Gasteiger partial charge in [-0.05, 0) is 50.0 Å². The van der Waals surface area contributed by atoms with Crippen molar-refractivity contribution in [1.82, 2.24) is 15.3 Å². The largest absolute Gasteiger partial charge is 0.349 e. The molecule has 1 atom stereocenters. The fraction of sp³-hybridized carbons (Fsp3) is 0.526. The fourth-order valence-electron chi connectivity index (χ4n) is 3.75. The summed E-state index contributed by atoms with van der Waals surface area (Å²) in [5.74, 6) is 0.949. The van der Waals surface area contributed by atoms with Crippen LogP contribution in [0, 0.1) is 0 Å². The van der Waals surface area contributed by atoms with E-state index in [0.717, 1.165) is 54.4 Å². The van der Waals surface area contributed by atoms with Gasteiger partial charge in [-0.25, -0.2) is 9.97 Å². The van der Waals surface area contributed by atoms with E-state index < -0.39 is 0 Å². The van der Waals surface area contributed by atoms with E-state index in [4.69, 9.17) is 4.98 Å². The number of hydrogen-bond acceptors (Lipinski definition) is 5. The lowest BCUT2D eigenvalue weighted by molar-refractivity contribution is -0.121. The van der Waals surface area contributed by atoms with E-state index in [1.54, 1.807) is 11.3 Å². The number of nitrogens with zero attached hydrogens (tertiary/aromatic N) is 3. The van der Waals surface area contributed by atoms with Gasteiger partial charge in [0.1, 0.15) is 0 Å². The molecule has 2 aliphatic rings. The molecule has 1 aliphatic heterocycles. The van der Waals surface area contributed by atoms with E-state index in [2.05, 4.69) is 15.2 Å². The van der Waals surface area contributed by atoms with Crippen LogP contribution < -0.4 is 10.2 Å². The van der Waals surface area contributed by atoms with Crippen LogP contribution in [0.2, 0.25) is 0 Å². The van der Waals surface area contributed by atoms with E-state index in [1.165, 1.54) is 19.3 Å². The minimum atomic E-state index is 0.0478. The Morgan fingerprint density at radius 3 is 2.96 bits per heavy atom. The van der Waals surface area contributed by atoms with Crippen molar-refractivity contribution in [3.8, 4) is 0 Å². The summed E-state index contributed by atoms with van der Waals surface area (Å²) in [6, 6.07) is 4.04. The van der Waals surface area contributed by atoms with Gasteiger partial charge in [0.05, 0.1) is 18.2 Å². The Kier molecular flexibility index (Phi) is 4.97. The molecule has 0 saturated carbocycles. The predicted molar refractivity (Wildman–Crippen MR) is 99.9 cm³/mol. The number of anilines is 1. The van der Waals surface area contributed by atoms with Crippen molar-refractivity contribution in [2.75, 3.05) is 18.0 Å². The molecule has 5 nitrogen and oxygen atoms in total. The first-order valence-corrected chi connectivity index (χ1v) is 10.1. The summed E-state index contributed by atoms with van der Waals surface area (Å²) in [4.78, 5) is 25.2. The zero-order valence-electron chi connectivity index (χ0n) is 14.4. The average Bonchev–Trinajstić information content (AvgIpc) is 3.15. The Labute approximate surface area is 152 Å². The number of fused-ring (bicyclic) bond motifs is 1. The van der Waals surface area contributed by atoms with Gasteiger partial charge in [0.15, 0.2) is 0 Å². The second-order valence-electron chi connectivity index (χ2n) is 6.89. The number of carbonyl (C=O) groups excluding carboxylic acids is 1. The number of piperidine rings is 1. The van der Waals surface area contributed by atoms with E-state index in [9.17, 15) is 4.79 Å². The third-order valence-electron chi connectivity index (χ3n) is 5.06. The zero-order chi connectivity index (χ0) is 17.1. The number of rotatable bonds is 4. The second-order valence-corrected chi connectivity index (χ2v) is 7.92. The number of thiophene rings is 1. The lowest BCUT2D eigenvalue weighted by Crippen LogP contribution is -2.34.